The van der Waals surface area contributed by atoms with Crippen molar-refractivity contribution in [1.82, 2.24) is 14.5 Å². The van der Waals surface area contributed by atoms with E-state index in [1.807, 2.05) is 36.4 Å². The minimum absolute atomic E-state index is 0.0738. The van der Waals surface area contributed by atoms with Crippen LogP contribution < -0.4 is 20.7 Å². The molecule has 29 heavy (non-hydrogen) atoms. The Hall–Kier alpha value is -3.06. The zero-order valence-electron chi connectivity index (χ0n) is 16.0. The molecule has 7 heteroatoms. The van der Waals surface area contributed by atoms with Gasteiger partial charge in [-0.15, -0.1) is 0 Å². The lowest BCUT2D eigenvalue weighted by Crippen LogP contribution is -2.49. The number of aromatic amines is 1. The van der Waals surface area contributed by atoms with Crippen LogP contribution in [-0.4, -0.2) is 46.8 Å². The monoisotopic (exact) mass is 393 g/mol. The number of fused-ring (bicyclic) bond motifs is 2. The highest BCUT2D eigenvalue weighted by Crippen LogP contribution is 2.31. The SMILES string of the molecule is O=c1[nH]c2ccccc2c(=O)n1C1CCCN(CC2COc3ccccc3O2)C1. The van der Waals surface area contributed by atoms with E-state index in [0.29, 0.717) is 30.6 Å². The summed E-state index contributed by atoms with van der Waals surface area (Å²) in [6.45, 7) is 2.75. The van der Waals surface area contributed by atoms with Gasteiger partial charge in [0.2, 0.25) is 0 Å². The standard InChI is InChI=1S/C22H23N3O4/c26-21-17-7-1-2-8-18(17)23-22(27)25(21)15-6-5-11-24(12-15)13-16-14-28-19-9-3-4-10-20(19)29-16/h1-4,7-10,15-16H,5-6,11-14H2,(H,23,27). The summed E-state index contributed by atoms with van der Waals surface area (Å²) in [6.07, 6.45) is 1.66. The van der Waals surface area contributed by atoms with Gasteiger partial charge in [0.1, 0.15) is 12.7 Å². The van der Waals surface area contributed by atoms with Crippen LogP contribution >= 0.6 is 0 Å². The molecule has 5 rings (SSSR count). The average molecular weight is 393 g/mol. The second-order valence-electron chi connectivity index (χ2n) is 7.70. The van der Waals surface area contributed by atoms with Crippen molar-refractivity contribution in [3.05, 3.63) is 69.4 Å². The van der Waals surface area contributed by atoms with E-state index < -0.39 is 0 Å². The lowest BCUT2D eigenvalue weighted by molar-refractivity contribution is 0.0455. The number of ether oxygens (including phenoxy) is 2. The molecule has 0 aliphatic carbocycles. The normalized spacial score (nSPS) is 21.9. The fourth-order valence-electron chi connectivity index (χ4n) is 4.36. The quantitative estimate of drug-likeness (QED) is 0.738. The highest BCUT2D eigenvalue weighted by Gasteiger charge is 2.28. The van der Waals surface area contributed by atoms with Gasteiger partial charge >= 0.3 is 5.69 Å². The molecule has 0 saturated carbocycles. The largest absolute Gasteiger partial charge is 0.486 e. The number of para-hydroxylation sites is 3. The molecule has 0 radical (unpaired) electrons. The number of aromatic nitrogens is 2. The Labute approximate surface area is 167 Å². The molecule has 7 nitrogen and oxygen atoms in total. The molecule has 150 valence electrons. The summed E-state index contributed by atoms with van der Waals surface area (Å²) in [5, 5.41) is 0.546. The van der Waals surface area contributed by atoms with Crippen molar-refractivity contribution in [2.75, 3.05) is 26.2 Å². The van der Waals surface area contributed by atoms with E-state index in [1.54, 1.807) is 12.1 Å². The first kappa shape index (κ1) is 18.0. The Balaban J connectivity index is 1.35. The van der Waals surface area contributed by atoms with Gasteiger partial charge in [-0.2, -0.15) is 0 Å². The van der Waals surface area contributed by atoms with Gasteiger partial charge in [0, 0.05) is 13.1 Å². The van der Waals surface area contributed by atoms with E-state index >= 15 is 0 Å². The van der Waals surface area contributed by atoms with Crippen LogP contribution in [0.25, 0.3) is 10.9 Å². The predicted molar refractivity (Wildman–Crippen MR) is 110 cm³/mol. The fraction of sp³-hybridized carbons (Fsp3) is 0.364. The molecule has 1 aromatic heterocycles. The first-order valence-corrected chi connectivity index (χ1v) is 10.0. The van der Waals surface area contributed by atoms with Crippen molar-refractivity contribution in [2.24, 2.45) is 0 Å². The van der Waals surface area contributed by atoms with Gasteiger partial charge in [-0.1, -0.05) is 24.3 Å². The Morgan fingerprint density at radius 3 is 2.72 bits per heavy atom. The zero-order chi connectivity index (χ0) is 19.8. The number of nitrogens with zero attached hydrogens (tertiary/aromatic N) is 2. The molecule has 2 aromatic carbocycles. The molecule has 0 spiro atoms. The van der Waals surface area contributed by atoms with Crippen molar-refractivity contribution in [3.8, 4) is 11.5 Å². The number of H-pyrrole nitrogens is 1. The first-order valence-electron chi connectivity index (χ1n) is 10.0. The predicted octanol–water partition coefficient (Wildman–Crippen LogP) is 2.17. The van der Waals surface area contributed by atoms with Crippen LogP contribution in [-0.2, 0) is 0 Å². The second-order valence-corrected chi connectivity index (χ2v) is 7.70. The maximum Gasteiger partial charge on any atom is 0.329 e. The van der Waals surface area contributed by atoms with Gasteiger partial charge in [0.15, 0.2) is 11.5 Å². The molecule has 3 aromatic rings. The van der Waals surface area contributed by atoms with Crippen molar-refractivity contribution in [3.63, 3.8) is 0 Å². The van der Waals surface area contributed by atoms with Gasteiger partial charge in [0.25, 0.3) is 5.56 Å². The topological polar surface area (TPSA) is 76.6 Å². The minimum Gasteiger partial charge on any atom is -0.486 e. The summed E-state index contributed by atoms with van der Waals surface area (Å²) in [4.78, 5) is 30.7. The summed E-state index contributed by atoms with van der Waals surface area (Å²) in [5.74, 6) is 1.54. The van der Waals surface area contributed by atoms with Gasteiger partial charge in [-0.05, 0) is 43.7 Å². The second kappa shape index (κ2) is 7.40. The van der Waals surface area contributed by atoms with Crippen LogP contribution in [0.2, 0.25) is 0 Å². The highest BCUT2D eigenvalue weighted by atomic mass is 16.6. The van der Waals surface area contributed by atoms with E-state index in [0.717, 1.165) is 30.9 Å². The van der Waals surface area contributed by atoms with E-state index in [9.17, 15) is 9.59 Å². The fourth-order valence-corrected chi connectivity index (χ4v) is 4.36. The Morgan fingerprint density at radius 1 is 1.03 bits per heavy atom. The van der Waals surface area contributed by atoms with E-state index in [2.05, 4.69) is 9.88 Å². The molecule has 1 fully saturated rings. The maximum absolute atomic E-state index is 13.0. The van der Waals surface area contributed by atoms with Crippen LogP contribution in [0.4, 0.5) is 0 Å². The van der Waals surface area contributed by atoms with Crippen LogP contribution in [0.1, 0.15) is 18.9 Å². The smallest absolute Gasteiger partial charge is 0.329 e. The third-order valence-electron chi connectivity index (χ3n) is 5.71. The molecule has 0 amide bonds. The van der Waals surface area contributed by atoms with Crippen molar-refractivity contribution < 1.29 is 9.47 Å². The average Bonchev–Trinajstić information content (AvgIpc) is 2.74. The molecule has 1 saturated heterocycles. The Bertz CT molecular complexity index is 1150. The molecular formula is C22H23N3O4. The number of hydrogen-bond donors (Lipinski definition) is 1. The number of nitrogens with one attached hydrogen (secondary N) is 1. The summed E-state index contributed by atoms with van der Waals surface area (Å²) in [6, 6.07) is 14.7. The molecule has 2 aliphatic rings. The zero-order valence-corrected chi connectivity index (χ0v) is 16.0. The molecule has 2 unspecified atom stereocenters. The van der Waals surface area contributed by atoms with Crippen LogP contribution in [0, 0.1) is 0 Å². The molecule has 3 heterocycles. The molecular weight excluding hydrogens is 370 g/mol. The van der Waals surface area contributed by atoms with Crippen LogP contribution in [0.3, 0.4) is 0 Å². The van der Waals surface area contributed by atoms with Gasteiger partial charge in [0.05, 0.1) is 16.9 Å². The van der Waals surface area contributed by atoms with Gasteiger partial charge in [-0.3, -0.25) is 14.3 Å². The summed E-state index contributed by atoms with van der Waals surface area (Å²) in [7, 11) is 0. The third-order valence-corrected chi connectivity index (χ3v) is 5.71. The lowest BCUT2D eigenvalue weighted by atomic mass is 10.0. The molecule has 2 aliphatic heterocycles. The summed E-state index contributed by atoms with van der Waals surface area (Å²) >= 11 is 0. The number of likely N-dealkylation sites (tertiary alicyclic amines) is 1. The number of rotatable bonds is 3. The molecule has 0 bridgehead atoms. The number of benzene rings is 2. The lowest BCUT2D eigenvalue weighted by Gasteiger charge is -2.36. The van der Waals surface area contributed by atoms with Gasteiger partial charge in [-0.25, -0.2) is 4.79 Å². The Kier molecular flexibility index (Phi) is 4.60. The van der Waals surface area contributed by atoms with Crippen LogP contribution in [0.5, 0.6) is 11.5 Å². The molecule has 1 N–H and O–H groups in total. The Morgan fingerprint density at radius 2 is 1.83 bits per heavy atom. The van der Waals surface area contributed by atoms with Gasteiger partial charge < -0.3 is 14.5 Å². The van der Waals surface area contributed by atoms with Crippen molar-refractivity contribution >= 4 is 10.9 Å². The van der Waals surface area contributed by atoms with Crippen molar-refractivity contribution in [2.45, 2.75) is 25.0 Å². The third kappa shape index (κ3) is 3.42. The maximum atomic E-state index is 13.0. The van der Waals surface area contributed by atoms with E-state index in [-0.39, 0.29) is 23.4 Å². The number of hydrogen-bond acceptors (Lipinski definition) is 5. The minimum atomic E-state index is -0.341. The van der Waals surface area contributed by atoms with E-state index in [1.165, 1.54) is 4.57 Å². The summed E-state index contributed by atoms with van der Waals surface area (Å²) < 4.78 is 13.3. The van der Waals surface area contributed by atoms with Crippen molar-refractivity contribution in [1.29, 1.82) is 0 Å². The summed E-state index contributed by atoms with van der Waals surface area (Å²) in [5.41, 5.74) is 0.0203. The first-order chi connectivity index (χ1) is 14.2. The van der Waals surface area contributed by atoms with Crippen LogP contribution in [0.15, 0.2) is 58.1 Å². The van der Waals surface area contributed by atoms with E-state index in [4.69, 9.17) is 9.47 Å². The number of piperidine rings is 1. The highest BCUT2D eigenvalue weighted by molar-refractivity contribution is 5.76. The molecule has 2 atom stereocenters.